The second-order valence-electron chi connectivity index (χ2n) is 4.48. The fourth-order valence-corrected chi connectivity index (χ4v) is 1.72. The molecule has 1 aromatic rings. The number of rotatable bonds is 7. The number of hydrogen-bond donors (Lipinski definition) is 1. The van der Waals surface area contributed by atoms with Crippen molar-refractivity contribution in [3.8, 4) is 5.75 Å². The Labute approximate surface area is 115 Å². The maximum absolute atomic E-state index is 11.8. The lowest BCUT2D eigenvalue weighted by molar-refractivity contribution is -0.125. The number of amides is 1. The first-order chi connectivity index (χ1) is 9.08. The second kappa shape index (κ2) is 7.59. The molecule has 0 fully saturated rings. The van der Waals surface area contributed by atoms with Crippen LogP contribution in [0, 0.1) is 0 Å². The molecular weight excluding hydrogens is 240 g/mol. The highest BCUT2D eigenvalue weighted by Crippen LogP contribution is 2.14. The van der Waals surface area contributed by atoms with Crippen LogP contribution in [0.15, 0.2) is 36.9 Å². The molecule has 0 heterocycles. The molecule has 0 aliphatic carbocycles. The van der Waals surface area contributed by atoms with E-state index in [4.69, 9.17) is 4.74 Å². The lowest BCUT2D eigenvalue weighted by atomic mass is 10.1. The summed E-state index contributed by atoms with van der Waals surface area (Å²) in [5.74, 6) is 0.833. The molecule has 0 aromatic heterocycles. The Morgan fingerprint density at radius 2 is 2.32 bits per heavy atom. The van der Waals surface area contributed by atoms with Crippen LogP contribution in [0.5, 0.6) is 5.75 Å². The number of carbonyl (C=O) groups is 1. The Morgan fingerprint density at radius 1 is 1.58 bits per heavy atom. The number of ether oxygens (including phenoxy) is 1. The van der Waals surface area contributed by atoms with Crippen LogP contribution in [0.1, 0.15) is 12.5 Å². The molecule has 1 aromatic carbocycles. The van der Waals surface area contributed by atoms with Crippen molar-refractivity contribution in [2.24, 2.45) is 0 Å². The summed E-state index contributed by atoms with van der Waals surface area (Å²) in [5.41, 5.74) is 1.12. The molecule has 0 unspecified atom stereocenters. The van der Waals surface area contributed by atoms with Gasteiger partial charge in [0, 0.05) is 13.1 Å². The molecule has 1 amide bonds. The normalized spacial score (nSPS) is 12.0. The van der Waals surface area contributed by atoms with Crippen molar-refractivity contribution in [2.45, 2.75) is 19.5 Å². The van der Waals surface area contributed by atoms with Gasteiger partial charge >= 0.3 is 0 Å². The molecule has 104 valence electrons. The van der Waals surface area contributed by atoms with Gasteiger partial charge in [0.15, 0.2) is 0 Å². The average Bonchev–Trinajstić information content (AvgIpc) is 2.43. The molecule has 1 rings (SSSR count). The fraction of sp³-hybridized carbons (Fsp3) is 0.400. The molecule has 0 radical (unpaired) electrons. The number of nitrogens with zero attached hydrogens (tertiary/aromatic N) is 1. The van der Waals surface area contributed by atoms with Gasteiger partial charge in [0.25, 0.3) is 0 Å². The van der Waals surface area contributed by atoms with Crippen molar-refractivity contribution >= 4 is 5.91 Å². The van der Waals surface area contributed by atoms with Crippen LogP contribution in [0.2, 0.25) is 0 Å². The van der Waals surface area contributed by atoms with Gasteiger partial charge in [-0.1, -0.05) is 18.2 Å². The van der Waals surface area contributed by atoms with Gasteiger partial charge in [-0.2, -0.15) is 0 Å². The van der Waals surface area contributed by atoms with Crippen molar-refractivity contribution in [2.75, 3.05) is 20.7 Å². The van der Waals surface area contributed by atoms with Crippen LogP contribution in [-0.4, -0.2) is 37.6 Å². The molecule has 4 nitrogen and oxygen atoms in total. The van der Waals surface area contributed by atoms with Gasteiger partial charge in [-0.05, 0) is 31.7 Å². The lowest BCUT2D eigenvalue weighted by Gasteiger charge is -2.23. The van der Waals surface area contributed by atoms with Crippen LogP contribution in [-0.2, 0) is 11.3 Å². The minimum Gasteiger partial charge on any atom is -0.497 e. The Morgan fingerprint density at radius 3 is 2.95 bits per heavy atom. The van der Waals surface area contributed by atoms with E-state index in [1.54, 1.807) is 13.2 Å². The number of hydrogen-bond acceptors (Lipinski definition) is 3. The summed E-state index contributed by atoms with van der Waals surface area (Å²) >= 11 is 0. The highest BCUT2D eigenvalue weighted by Gasteiger charge is 2.17. The van der Waals surface area contributed by atoms with Crippen molar-refractivity contribution in [3.05, 3.63) is 42.5 Å². The summed E-state index contributed by atoms with van der Waals surface area (Å²) in [6.45, 7) is 6.66. The van der Waals surface area contributed by atoms with Crippen LogP contribution >= 0.6 is 0 Å². The van der Waals surface area contributed by atoms with Crippen molar-refractivity contribution in [1.82, 2.24) is 10.2 Å². The van der Waals surface area contributed by atoms with E-state index >= 15 is 0 Å². The zero-order valence-corrected chi connectivity index (χ0v) is 11.8. The SMILES string of the molecule is C=CCNC(=O)[C@H](C)N(C)Cc1cccc(OC)c1. The van der Waals surface area contributed by atoms with Crippen LogP contribution in [0.3, 0.4) is 0 Å². The summed E-state index contributed by atoms with van der Waals surface area (Å²) in [7, 11) is 3.58. The van der Waals surface area contributed by atoms with E-state index in [0.717, 1.165) is 11.3 Å². The number of carbonyl (C=O) groups excluding carboxylic acids is 1. The van der Waals surface area contributed by atoms with Crippen LogP contribution < -0.4 is 10.1 Å². The smallest absolute Gasteiger partial charge is 0.237 e. The summed E-state index contributed by atoms with van der Waals surface area (Å²) in [6, 6.07) is 7.66. The predicted octanol–water partition coefficient (Wildman–Crippen LogP) is 1.82. The average molecular weight is 262 g/mol. The van der Waals surface area contributed by atoms with Crippen LogP contribution in [0.25, 0.3) is 0 Å². The van der Waals surface area contributed by atoms with E-state index in [1.165, 1.54) is 0 Å². The van der Waals surface area contributed by atoms with Crippen molar-refractivity contribution < 1.29 is 9.53 Å². The van der Waals surface area contributed by atoms with Gasteiger partial charge in [-0.15, -0.1) is 6.58 Å². The standard InChI is InChI=1S/C15H22N2O2/c1-5-9-16-15(18)12(2)17(3)11-13-7-6-8-14(10-13)19-4/h5-8,10,12H,1,9,11H2,2-4H3,(H,16,18)/t12-/m0/s1. The van der Waals surface area contributed by atoms with E-state index in [2.05, 4.69) is 11.9 Å². The molecule has 0 saturated carbocycles. The third-order valence-corrected chi connectivity index (χ3v) is 3.03. The minimum atomic E-state index is -0.189. The van der Waals surface area contributed by atoms with Gasteiger partial charge in [-0.25, -0.2) is 0 Å². The first-order valence-electron chi connectivity index (χ1n) is 6.30. The zero-order valence-electron chi connectivity index (χ0n) is 11.8. The first-order valence-corrected chi connectivity index (χ1v) is 6.30. The summed E-state index contributed by atoms with van der Waals surface area (Å²) in [5, 5.41) is 2.80. The summed E-state index contributed by atoms with van der Waals surface area (Å²) < 4.78 is 5.19. The lowest BCUT2D eigenvalue weighted by Crippen LogP contribution is -2.42. The van der Waals surface area contributed by atoms with Gasteiger partial charge in [0.05, 0.1) is 13.2 Å². The van der Waals surface area contributed by atoms with Crippen LogP contribution in [0.4, 0.5) is 0 Å². The largest absolute Gasteiger partial charge is 0.497 e. The molecule has 1 atom stereocenters. The van der Waals surface area contributed by atoms with E-state index in [9.17, 15) is 4.79 Å². The Balaban J connectivity index is 2.59. The molecule has 0 aliphatic rings. The quantitative estimate of drug-likeness (QED) is 0.762. The number of nitrogens with one attached hydrogen (secondary N) is 1. The van der Waals surface area contributed by atoms with Crippen molar-refractivity contribution in [3.63, 3.8) is 0 Å². The molecule has 4 heteroatoms. The maximum atomic E-state index is 11.8. The predicted molar refractivity (Wildman–Crippen MR) is 77.1 cm³/mol. The van der Waals surface area contributed by atoms with E-state index in [0.29, 0.717) is 13.1 Å². The molecule has 0 aliphatic heterocycles. The zero-order chi connectivity index (χ0) is 14.3. The number of benzene rings is 1. The number of methoxy groups -OCH3 is 1. The molecule has 0 bridgehead atoms. The molecule has 19 heavy (non-hydrogen) atoms. The van der Waals surface area contributed by atoms with Gasteiger partial charge in [0.2, 0.25) is 5.91 Å². The molecule has 1 N–H and O–H groups in total. The highest BCUT2D eigenvalue weighted by atomic mass is 16.5. The monoisotopic (exact) mass is 262 g/mol. The molecule has 0 spiro atoms. The van der Waals surface area contributed by atoms with E-state index in [-0.39, 0.29) is 11.9 Å². The topological polar surface area (TPSA) is 41.6 Å². The van der Waals surface area contributed by atoms with Crippen molar-refractivity contribution in [1.29, 1.82) is 0 Å². The number of likely N-dealkylation sites (N-methyl/N-ethyl adjacent to an activating group) is 1. The Bertz CT molecular complexity index is 432. The van der Waals surface area contributed by atoms with Gasteiger partial charge in [0.1, 0.15) is 5.75 Å². The third-order valence-electron chi connectivity index (χ3n) is 3.03. The van der Waals surface area contributed by atoms with E-state index in [1.807, 2.05) is 43.1 Å². The summed E-state index contributed by atoms with van der Waals surface area (Å²) in [6.07, 6.45) is 1.67. The van der Waals surface area contributed by atoms with Gasteiger partial charge < -0.3 is 10.1 Å². The molecule has 0 saturated heterocycles. The van der Waals surface area contributed by atoms with E-state index < -0.39 is 0 Å². The maximum Gasteiger partial charge on any atom is 0.237 e. The fourth-order valence-electron chi connectivity index (χ4n) is 1.72. The Hall–Kier alpha value is -1.81. The third kappa shape index (κ3) is 4.75. The second-order valence-corrected chi connectivity index (χ2v) is 4.48. The summed E-state index contributed by atoms with van der Waals surface area (Å²) in [4.78, 5) is 13.8. The van der Waals surface area contributed by atoms with Gasteiger partial charge in [-0.3, -0.25) is 9.69 Å². The molecular formula is C15H22N2O2. The first kappa shape index (κ1) is 15.2. The minimum absolute atomic E-state index is 0.00490. The highest BCUT2D eigenvalue weighted by molar-refractivity contribution is 5.81. The Kier molecular flexibility index (Phi) is 6.09.